The van der Waals surface area contributed by atoms with Crippen LogP contribution in [-0.4, -0.2) is 30.4 Å². The number of nitrogens with zero attached hydrogens (tertiary/aromatic N) is 2. The van der Waals surface area contributed by atoms with Crippen LogP contribution in [0.25, 0.3) is 16.8 Å². The zero-order valence-corrected chi connectivity index (χ0v) is 17.1. The van der Waals surface area contributed by atoms with Gasteiger partial charge in [-0.3, -0.25) is 10.3 Å². The average molecular weight is 412 g/mol. The summed E-state index contributed by atoms with van der Waals surface area (Å²) in [6.07, 6.45) is 1.72. The van der Waals surface area contributed by atoms with Crippen molar-refractivity contribution in [2.24, 2.45) is 0 Å². The molecule has 2 amide bonds. The van der Waals surface area contributed by atoms with Crippen LogP contribution in [0.1, 0.15) is 18.1 Å². The number of nitrogens with one attached hydrogen (secondary N) is 2. The number of ether oxygens (including phenoxy) is 2. The van der Waals surface area contributed by atoms with Crippen LogP contribution in [0.3, 0.4) is 0 Å². The number of urea groups is 1. The molecule has 1 heterocycles. The van der Waals surface area contributed by atoms with Crippen molar-refractivity contribution in [3.8, 4) is 23.3 Å². The van der Waals surface area contributed by atoms with E-state index in [1.54, 1.807) is 37.5 Å². The number of amidine groups is 1. The highest BCUT2D eigenvalue weighted by Gasteiger charge is 2.28. The molecule has 31 heavy (non-hydrogen) atoms. The highest BCUT2D eigenvalue weighted by atomic mass is 16.5. The number of likely N-dealkylation sites (N-methyl/N-ethyl adjacent to an activating group) is 1. The predicted octanol–water partition coefficient (Wildman–Crippen LogP) is 4.88. The molecule has 7 heteroatoms. The van der Waals surface area contributed by atoms with E-state index in [1.807, 2.05) is 37.3 Å². The standard InChI is InChI=1S/C24H20N4O3/c1-3-28-23(26)19(27-24(28)29)12-15-8-10-21(22(13-15)30-2)31-20-11-9-16(14-25)17-6-4-5-7-18(17)20/h4-13,26H,3H2,1-2H3,(H,27,29). The zero-order valence-electron chi connectivity index (χ0n) is 17.1. The van der Waals surface area contributed by atoms with Crippen molar-refractivity contribution >= 4 is 28.7 Å². The van der Waals surface area contributed by atoms with Crippen LogP contribution in [0.15, 0.2) is 60.3 Å². The van der Waals surface area contributed by atoms with Crippen LogP contribution in [0.2, 0.25) is 0 Å². The number of hydrogen-bond acceptors (Lipinski definition) is 5. The first-order valence-electron chi connectivity index (χ1n) is 9.72. The highest BCUT2D eigenvalue weighted by molar-refractivity contribution is 6.15. The Kier molecular flexibility index (Phi) is 5.29. The second kappa shape index (κ2) is 8.20. The van der Waals surface area contributed by atoms with Crippen LogP contribution < -0.4 is 14.8 Å². The Hall–Kier alpha value is -4.31. The summed E-state index contributed by atoms with van der Waals surface area (Å²) in [4.78, 5) is 13.3. The minimum atomic E-state index is -0.307. The third-order valence-corrected chi connectivity index (χ3v) is 5.05. The molecule has 1 fully saturated rings. The summed E-state index contributed by atoms with van der Waals surface area (Å²) < 4.78 is 11.6. The normalized spacial score (nSPS) is 14.6. The van der Waals surface area contributed by atoms with E-state index >= 15 is 0 Å². The van der Waals surface area contributed by atoms with Crippen molar-refractivity contribution in [2.75, 3.05) is 13.7 Å². The Bertz CT molecular complexity index is 1270. The molecule has 3 aromatic carbocycles. The topological polar surface area (TPSA) is 98.4 Å². The number of rotatable bonds is 5. The van der Waals surface area contributed by atoms with Crippen molar-refractivity contribution in [1.29, 1.82) is 10.7 Å². The van der Waals surface area contributed by atoms with Gasteiger partial charge in [0.1, 0.15) is 5.75 Å². The number of carbonyl (C=O) groups is 1. The van der Waals surface area contributed by atoms with Gasteiger partial charge < -0.3 is 14.8 Å². The van der Waals surface area contributed by atoms with Gasteiger partial charge in [-0.25, -0.2) is 4.79 Å². The maximum atomic E-state index is 11.9. The van der Waals surface area contributed by atoms with Crippen LogP contribution >= 0.6 is 0 Å². The first kappa shape index (κ1) is 20.0. The average Bonchev–Trinajstić information content (AvgIpc) is 3.06. The van der Waals surface area contributed by atoms with Crippen LogP contribution in [0.5, 0.6) is 17.2 Å². The Morgan fingerprint density at radius 2 is 1.84 bits per heavy atom. The fraction of sp³-hybridized carbons (Fsp3) is 0.125. The highest BCUT2D eigenvalue weighted by Crippen LogP contribution is 2.37. The lowest BCUT2D eigenvalue weighted by Gasteiger charge is -2.13. The minimum Gasteiger partial charge on any atom is -0.493 e. The van der Waals surface area contributed by atoms with E-state index in [-0.39, 0.29) is 11.9 Å². The Morgan fingerprint density at radius 1 is 1.10 bits per heavy atom. The molecule has 0 aromatic heterocycles. The number of hydrogen-bond donors (Lipinski definition) is 2. The number of amides is 2. The number of methoxy groups -OCH3 is 1. The van der Waals surface area contributed by atoms with Crippen LogP contribution in [0, 0.1) is 16.7 Å². The SMILES string of the molecule is CCN1C(=N)C(=Cc2ccc(Oc3ccc(C#N)c4ccccc34)c(OC)c2)NC1=O. The number of fused-ring (bicyclic) bond motifs is 1. The van der Waals surface area contributed by atoms with Crippen molar-refractivity contribution < 1.29 is 14.3 Å². The van der Waals surface area contributed by atoms with Gasteiger partial charge in [0.15, 0.2) is 17.3 Å². The summed E-state index contributed by atoms with van der Waals surface area (Å²) in [5.41, 5.74) is 1.77. The second-order valence-corrected chi connectivity index (χ2v) is 6.86. The van der Waals surface area contributed by atoms with Gasteiger partial charge in [-0.15, -0.1) is 0 Å². The lowest BCUT2D eigenvalue weighted by molar-refractivity contribution is 0.230. The van der Waals surface area contributed by atoms with Gasteiger partial charge in [-0.2, -0.15) is 5.26 Å². The van der Waals surface area contributed by atoms with Gasteiger partial charge in [0.25, 0.3) is 0 Å². The van der Waals surface area contributed by atoms with E-state index in [0.29, 0.717) is 35.1 Å². The molecule has 4 rings (SSSR count). The maximum Gasteiger partial charge on any atom is 0.327 e. The Morgan fingerprint density at radius 3 is 2.52 bits per heavy atom. The van der Waals surface area contributed by atoms with E-state index in [4.69, 9.17) is 14.9 Å². The summed E-state index contributed by atoms with van der Waals surface area (Å²) in [5, 5.41) is 21.8. The third kappa shape index (κ3) is 3.67. The summed E-state index contributed by atoms with van der Waals surface area (Å²) >= 11 is 0. The minimum absolute atomic E-state index is 0.135. The van der Waals surface area contributed by atoms with Gasteiger partial charge in [0.05, 0.1) is 24.4 Å². The Labute approximate surface area is 179 Å². The molecular formula is C24H20N4O3. The zero-order chi connectivity index (χ0) is 22.0. The molecule has 1 aliphatic heterocycles. The molecule has 1 aliphatic rings. The molecular weight excluding hydrogens is 392 g/mol. The summed E-state index contributed by atoms with van der Waals surface area (Å²) in [6, 6.07) is 18.3. The number of benzene rings is 3. The van der Waals surface area contributed by atoms with Gasteiger partial charge in [0, 0.05) is 17.3 Å². The number of nitriles is 1. The lowest BCUT2D eigenvalue weighted by atomic mass is 10.0. The first-order valence-corrected chi connectivity index (χ1v) is 9.72. The molecule has 0 aliphatic carbocycles. The van der Waals surface area contributed by atoms with Gasteiger partial charge in [-0.1, -0.05) is 30.3 Å². The monoisotopic (exact) mass is 412 g/mol. The van der Waals surface area contributed by atoms with Gasteiger partial charge >= 0.3 is 6.03 Å². The van der Waals surface area contributed by atoms with Crippen LogP contribution in [0.4, 0.5) is 4.79 Å². The molecule has 3 aromatic rings. The van der Waals surface area contributed by atoms with Crippen molar-refractivity contribution in [3.63, 3.8) is 0 Å². The molecule has 0 unspecified atom stereocenters. The smallest absolute Gasteiger partial charge is 0.327 e. The molecule has 7 nitrogen and oxygen atoms in total. The summed E-state index contributed by atoms with van der Waals surface area (Å²) in [6.45, 7) is 2.25. The fourth-order valence-electron chi connectivity index (χ4n) is 3.50. The quantitative estimate of drug-likeness (QED) is 0.624. The fourth-order valence-corrected chi connectivity index (χ4v) is 3.50. The van der Waals surface area contributed by atoms with Crippen molar-refractivity contribution in [3.05, 3.63) is 71.4 Å². The summed E-state index contributed by atoms with van der Waals surface area (Å²) in [5.74, 6) is 1.77. The van der Waals surface area contributed by atoms with E-state index in [9.17, 15) is 10.1 Å². The molecule has 0 atom stereocenters. The summed E-state index contributed by atoms with van der Waals surface area (Å²) in [7, 11) is 1.55. The first-order chi connectivity index (χ1) is 15.0. The molecule has 1 saturated heterocycles. The van der Waals surface area contributed by atoms with Crippen molar-refractivity contribution in [1.82, 2.24) is 10.2 Å². The predicted molar refractivity (Wildman–Crippen MR) is 118 cm³/mol. The van der Waals surface area contributed by atoms with E-state index in [0.717, 1.165) is 16.3 Å². The van der Waals surface area contributed by atoms with Gasteiger partial charge in [-0.05, 0) is 42.8 Å². The maximum absolute atomic E-state index is 11.9. The van der Waals surface area contributed by atoms with Gasteiger partial charge in [0.2, 0.25) is 0 Å². The third-order valence-electron chi connectivity index (χ3n) is 5.05. The Balaban J connectivity index is 1.67. The largest absolute Gasteiger partial charge is 0.493 e. The molecule has 0 bridgehead atoms. The molecule has 2 N–H and O–H groups in total. The lowest BCUT2D eigenvalue weighted by Crippen LogP contribution is -2.29. The molecule has 0 radical (unpaired) electrons. The number of carbonyl (C=O) groups excluding carboxylic acids is 1. The van der Waals surface area contributed by atoms with Crippen LogP contribution in [-0.2, 0) is 0 Å². The molecule has 154 valence electrons. The molecule has 0 saturated carbocycles. The van der Waals surface area contributed by atoms with Crippen molar-refractivity contribution in [2.45, 2.75) is 6.92 Å². The molecule has 0 spiro atoms. The van der Waals surface area contributed by atoms with E-state index in [1.165, 1.54) is 4.90 Å². The van der Waals surface area contributed by atoms with E-state index in [2.05, 4.69) is 11.4 Å². The second-order valence-electron chi connectivity index (χ2n) is 6.86. The van der Waals surface area contributed by atoms with E-state index < -0.39 is 0 Å².